The molecular formula is C35H51N3O35S4-6. The van der Waals surface area contributed by atoms with E-state index in [2.05, 4.69) is 37.5 Å². The van der Waals surface area contributed by atoms with E-state index in [1.165, 1.54) is 13.8 Å². The number of carbonyl (C=O) groups is 3. The molecule has 77 heavy (non-hydrogen) atoms. The van der Waals surface area contributed by atoms with Crippen LogP contribution in [0, 0.1) is 17.8 Å². The number of aliphatic hydroxyl groups excluding tert-OH is 5. The third-order valence-corrected chi connectivity index (χ3v) is 13.1. The summed E-state index contributed by atoms with van der Waals surface area (Å²) in [5.41, 5.74) is 0. The normalized spacial score (nSPS) is 36.4. The monoisotopic (exact) mass is 1200 g/mol. The summed E-state index contributed by atoms with van der Waals surface area (Å²) in [7, 11) is -17.0. The van der Waals surface area contributed by atoms with Gasteiger partial charge in [-0.25, -0.2) is 25.3 Å². The van der Waals surface area contributed by atoms with Gasteiger partial charge in [-0.2, -0.15) is 0 Å². The molecule has 10 unspecified atom stereocenters. The molecule has 38 nitrogen and oxygen atoms in total. The van der Waals surface area contributed by atoms with Gasteiger partial charge in [0.1, 0.15) is 61.0 Å². The van der Waals surface area contributed by atoms with Gasteiger partial charge in [-0.05, 0) is 6.42 Å². The predicted molar refractivity (Wildman–Crippen MR) is 225 cm³/mol. The van der Waals surface area contributed by atoms with Crippen molar-refractivity contribution in [2.45, 2.75) is 131 Å². The second-order valence-corrected chi connectivity index (χ2v) is 20.2. The van der Waals surface area contributed by atoms with Crippen LogP contribution in [0.25, 0.3) is 0 Å². The first-order valence-electron chi connectivity index (χ1n) is 21.9. The van der Waals surface area contributed by atoms with Crippen molar-refractivity contribution >= 4 is 73.8 Å². The highest BCUT2D eigenvalue weighted by atomic mass is 32.3. The van der Waals surface area contributed by atoms with E-state index in [4.69, 9.17) is 47.0 Å². The van der Waals surface area contributed by atoms with Gasteiger partial charge < -0.3 is 112 Å². The van der Waals surface area contributed by atoms with Crippen LogP contribution in [0.15, 0.2) is 10.3 Å². The van der Waals surface area contributed by atoms with E-state index in [0.717, 1.165) is 19.4 Å². The Morgan fingerprint density at radius 3 is 1.77 bits per heavy atom. The lowest BCUT2D eigenvalue weighted by molar-refractivity contribution is -0.777. The third-order valence-electron chi connectivity index (χ3n) is 11.4. The summed E-state index contributed by atoms with van der Waals surface area (Å²) in [5.74, 6) is -9.03. The number of carboxylic acids is 2. The van der Waals surface area contributed by atoms with Gasteiger partial charge in [0.05, 0.1) is 69.2 Å². The number of rotatable bonds is 30. The molecule has 42 heteroatoms. The molecule has 1 amide bonds. The van der Waals surface area contributed by atoms with Crippen molar-refractivity contribution in [2.24, 2.45) is 28.1 Å². The predicted octanol–water partition coefficient (Wildman–Crippen LogP) is -10.6. The Balaban J connectivity index is 1.39. The third kappa shape index (κ3) is 20.3. The largest absolute Gasteiger partial charge is 0.726 e. The van der Waals surface area contributed by atoms with Crippen LogP contribution in [-0.4, -0.2) is 239 Å². The van der Waals surface area contributed by atoms with Crippen molar-refractivity contribution in [3.63, 3.8) is 0 Å². The van der Waals surface area contributed by atoms with E-state index in [0.29, 0.717) is 0 Å². The quantitative estimate of drug-likeness (QED) is 0.00740. The number of hydrogen-bond acceptors (Lipinski definition) is 38. The van der Waals surface area contributed by atoms with Crippen LogP contribution in [0.4, 0.5) is 0 Å². The summed E-state index contributed by atoms with van der Waals surface area (Å²) >= 11 is -0.0580. The van der Waals surface area contributed by atoms with Crippen LogP contribution in [0.3, 0.4) is 0 Å². The highest BCUT2D eigenvalue weighted by Gasteiger charge is 2.54. The zero-order valence-corrected chi connectivity index (χ0v) is 42.9. The van der Waals surface area contributed by atoms with Crippen molar-refractivity contribution in [3.8, 4) is 0 Å². The number of ether oxygens (including phenoxy) is 7. The van der Waals surface area contributed by atoms with Gasteiger partial charge in [-0.15, -0.1) is 4.33 Å². The minimum absolute atomic E-state index is 0.0580. The standard InChI is InChI=1S/C35H57N3O35S4/c1-13-21(40)25(44)35(69-27(13)32(47)48)68-26-14(2)33(66-18(11-63-74-73-72-49)28(26)70-76(53,54)55)59-6-4-36-61-8-9-62-37-5-7-60-34-20(38-15(3)39)30(65-17-10-16(31(45)46)22(41)24(43)23(17)42)29(71-77(56,57)58)19(67-34)12-64-75(50,51)52/h4-5,13-14,16-30,33-35,40-44,49H,6-12H2,1-3H3,(H,38,39)(H,45,46)(H,47,48)(H,50,51,52)(H,53,54,55)(H,56,57,58)/p-6/b36-4-,37-5-/t13?,14?,16?,17-,18-,19?,20?,21?,22-,23?,24+,25?,26?,27+,28?,29+,30-,33+,34-,35+/m1/s1. The van der Waals surface area contributed by atoms with Crippen molar-refractivity contribution in [3.05, 3.63) is 0 Å². The average Bonchev–Trinajstić information content (AvgIpc) is 3.32. The molecule has 0 aromatic heterocycles. The number of aliphatic hydroxyl groups is 5. The molecule has 3 heterocycles. The Hall–Kier alpha value is -3.33. The first-order valence-corrected chi connectivity index (χ1v) is 26.6. The average molecular weight is 1200 g/mol. The summed E-state index contributed by atoms with van der Waals surface area (Å²) < 4.78 is 167. The maximum atomic E-state index is 12.4. The van der Waals surface area contributed by atoms with Crippen LogP contribution < -0.4 is 20.8 Å². The number of carboxylic acid groups (broad SMARTS) is 2. The maximum absolute atomic E-state index is 12.4. The lowest BCUT2D eigenvalue weighted by atomic mass is 9.80. The fourth-order valence-electron chi connectivity index (χ4n) is 8.00. The fraction of sp³-hybridized carbons (Fsp3) is 0.857. The van der Waals surface area contributed by atoms with Crippen molar-refractivity contribution in [2.75, 3.05) is 39.6 Å². The number of nitrogens with one attached hydrogen (secondary N) is 1. The maximum Gasteiger partial charge on any atom is 0.218 e. The summed E-state index contributed by atoms with van der Waals surface area (Å²) in [6, 6.07) is -1.84. The number of carbonyl (C=O) groups excluding carboxylic acids is 3. The first-order chi connectivity index (χ1) is 35.9. The van der Waals surface area contributed by atoms with Crippen LogP contribution in [0.1, 0.15) is 27.2 Å². The molecule has 4 aliphatic rings. The molecule has 4 fully saturated rings. The van der Waals surface area contributed by atoms with E-state index in [-0.39, 0.29) is 25.5 Å². The van der Waals surface area contributed by atoms with Crippen LogP contribution in [-0.2, 0) is 115 Å². The van der Waals surface area contributed by atoms with Gasteiger partial charge in [0.25, 0.3) is 0 Å². The summed E-state index contributed by atoms with van der Waals surface area (Å²) in [6.45, 7) is -0.534. The topological polar surface area (TPSA) is 568 Å². The molecule has 0 aromatic carbocycles. The smallest absolute Gasteiger partial charge is 0.218 e. The number of nitrogens with zero attached hydrogens (tertiary/aromatic N) is 2. The van der Waals surface area contributed by atoms with Crippen molar-refractivity contribution in [1.29, 1.82) is 0 Å². The summed E-state index contributed by atoms with van der Waals surface area (Å²) in [4.78, 5) is 45.9. The van der Waals surface area contributed by atoms with E-state index >= 15 is 0 Å². The molecule has 3 saturated heterocycles. The lowest BCUT2D eigenvalue weighted by Crippen LogP contribution is -2.68. The van der Waals surface area contributed by atoms with Gasteiger partial charge in [0, 0.05) is 30.6 Å². The molecule has 1 saturated carbocycles. The number of hydrogen-bond donors (Lipinski definition) is 6. The Labute approximate surface area is 440 Å². The van der Waals surface area contributed by atoms with Gasteiger partial charge in [-0.3, -0.25) is 26.6 Å². The molecule has 6 N–H and O–H groups in total. The molecule has 0 spiro atoms. The van der Waals surface area contributed by atoms with Gasteiger partial charge in [-0.1, -0.05) is 24.2 Å². The number of amides is 1. The molecule has 446 valence electrons. The van der Waals surface area contributed by atoms with Crippen LogP contribution >= 0.6 is 12.3 Å². The van der Waals surface area contributed by atoms with Crippen LogP contribution in [0.2, 0.25) is 0 Å². The minimum Gasteiger partial charge on any atom is -0.726 e. The molecule has 3 aliphatic heterocycles. The highest BCUT2D eigenvalue weighted by molar-refractivity contribution is 7.89. The SMILES string of the molecule is CC(=O)NC1[C@H](OC/C=N\OCCO/N=C\CO[C@H]2O[C@H](COSOO[O-])C(OS(=O)(=O)[O-])C(O[C@H]3O[C@H](C(=O)[O-])C(C)C(O)C3O)C2C)OC(COS(=O)(=O)[O-])[C@H](OS(=O)(=O)[O-])[C@@H]1O[C@@H]1CC(C(=O)[O-])[C@@H](O)[C@H](O)C1O. The zero-order chi connectivity index (χ0) is 57.6. The van der Waals surface area contributed by atoms with Gasteiger partial charge in [0.15, 0.2) is 44.4 Å². The van der Waals surface area contributed by atoms with Gasteiger partial charge >= 0.3 is 0 Å². The summed E-state index contributed by atoms with van der Waals surface area (Å²) in [5, 5.41) is 98.7. The Bertz CT molecular complexity index is 2300. The highest BCUT2D eigenvalue weighted by Crippen LogP contribution is 2.37. The Kier molecular flexibility index (Phi) is 25.7. The molecule has 4 rings (SSSR count). The minimum atomic E-state index is -5.83. The van der Waals surface area contributed by atoms with E-state index in [1.807, 2.05) is 0 Å². The molecule has 20 atom stereocenters. The Morgan fingerprint density at radius 2 is 1.23 bits per heavy atom. The molecular weight excluding hydrogens is 1150 g/mol. The molecule has 0 aromatic rings. The molecule has 0 radical (unpaired) electrons. The number of oxime groups is 2. The fourth-order valence-corrected chi connectivity index (χ4v) is 9.56. The summed E-state index contributed by atoms with van der Waals surface area (Å²) in [6.07, 6.45) is -30.3. The van der Waals surface area contributed by atoms with E-state index in [9.17, 15) is 94.3 Å². The number of aliphatic carboxylic acids is 2. The molecule has 0 bridgehead atoms. The zero-order valence-electron chi connectivity index (χ0n) is 39.7. The second-order valence-electron chi connectivity index (χ2n) is 16.7. The molecule has 1 aliphatic carbocycles. The Morgan fingerprint density at radius 1 is 0.675 bits per heavy atom. The van der Waals surface area contributed by atoms with E-state index in [1.54, 1.807) is 0 Å². The van der Waals surface area contributed by atoms with Crippen molar-refractivity contribution < 1.29 is 163 Å². The van der Waals surface area contributed by atoms with E-state index < -0.39 is 204 Å². The second kappa shape index (κ2) is 29.9. The van der Waals surface area contributed by atoms with Gasteiger partial charge in [0.2, 0.25) is 37.1 Å². The van der Waals surface area contributed by atoms with Crippen LogP contribution in [0.5, 0.6) is 0 Å². The van der Waals surface area contributed by atoms with Crippen molar-refractivity contribution in [1.82, 2.24) is 5.32 Å². The first kappa shape index (κ1) is 66.2. The lowest BCUT2D eigenvalue weighted by Gasteiger charge is -2.48.